The third-order valence-electron chi connectivity index (χ3n) is 2.76. The Bertz CT molecular complexity index is 215. The van der Waals surface area contributed by atoms with Crippen LogP contribution >= 0.6 is 11.8 Å². The third-order valence-corrected chi connectivity index (χ3v) is 3.25. The molecular formula is C11H19NOS. The normalized spacial score (nSPS) is 30.1. The van der Waals surface area contributed by atoms with E-state index in [9.17, 15) is 4.79 Å². The van der Waals surface area contributed by atoms with Gasteiger partial charge in [0.15, 0.2) is 0 Å². The molecule has 80 valence electrons. The summed E-state index contributed by atoms with van der Waals surface area (Å²) < 4.78 is 0. The summed E-state index contributed by atoms with van der Waals surface area (Å²) in [6.07, 6.45) is 10.9. The average molecular weight is 213 g/mol. The lowest BCUT2D eigenvalue weighted by molar-refractivity contribution is 0.251. The predicted octanol–water partition coefficient (Wildman–Crippen LogP) is 3.19. The summed E-state index contributed by atoms with van der Waals surface area (Å²) in [4.78, 5) is 11.3. The number of hydrogen-bond donors (Lipinski definition) is 1. The fourth-order valence-electron chi connectivity index (χ4n) is 1.76. The van der Waals surface area contributed by atoms with E-state index in [2.05, 4.69) is 24.4 Å². The number of thioether (sulfide) groups is 1. The van der Waals surface area contributed by atoms with Gasteiger partial charge >= 0.3 is 0 Å². The first-order valence-electron chi connectivity index (χ1n) is 5.23. The maximum atomic E-state index is 11.3. The number of carbonyl (C=O) groups is 1. The minimum absolute atomic E-state index is 0.0934. The van der Waals surface area contributed by atoms with Crippen molar-refractivity contribution in [2.75, 3.05) is 6.26 Å². The van der Waals surface area contributed by atoms with E-state index < -0.39 is 0 Å². The lowest BCUT2D eigenvalue weighted by Gasteiger charge is -2.25. The maximum absolute atomic E-state index is 11.3. The van der Waals surface area contributed by atoms with Crippen molar-refractivity contribution in [1.29, 1.82) is 0 Å². The van der Waals surface area contributed by atoms with E-state index in [1.807, 2.05) is 6.26 Å². The topological polar surface area (TPSA) is 29.1 Å². The number of carbonyl (C=O) groups excluding carboxylic acids is 1. The molecule has 3 heteroatoms. The molecule has 0 aromatic rings. The van der Waals surface area contributed by atoms with Crippen molar-refractivity contribution >= 4 is 17.0 Å². The highest BCUT2D eigenvalue weighted by Gasteiger charge is 2.18. The summed E-state index contributed by atoms with van der Waals surface area (Å²) in [5.74, 6) is 0.594. The van der Waals surface area contributed by atoms with Crippen LogP contribution in [0.4, 0.5) is 4.79 Å². The Kier molecular flexibility index (Phi) is 5.09. The molecule has 1 aliphatic rings. The highest BCUT2D eigenvalue weighted by Crippen LogP contribution is 2.19. The van der Waals surface area contributed by atoms with Gasteiger partial charge in [-0.1, -0.05) is 30.8 Å². The van der Waals surface area contributed by atoms with Gasteiger partial charge in [-0.2, -0.15) is 0 Å². The van der Waals surface area contributed by atoms with Gasteiger partial charge in [0.25, 0.3) is 5.24 Å². The third kappa shape index (κ3) is 3.74. The van der Waals surface area contributed by atoms with Crippen molar-refractivity contribution in [3.05, 3.63) is 12.2 Å². The Balaban J connectivity index is 2.49. The average Bonchev–Trinajstić information content (AvgIpc) is 2.17. The van der Waals surface area contributed by atoms with E-state index >= 15 is 0 Å². The fourth-order valence-corrected chi connectivity index (χ4v) is 2.03. The van der Waals surface area contributed by atoms with Gasteiger partial charge in [-0.15, -0.1) is 0 Å². The van der Waals surface area contributed by atoms with Crippen LogP contribution in [0.5, 0.6) is 0 Å². The maximum Gasteiger partial charge on any atom is 0.279 e. The van der Waals surface area contributed by atoms with E-state index in [-0.39, 0.29) is 5.24 Å². The van der Waals surface area contributed by atoms with Crippen LogP contribution in [-0.2, 0) is 0 Å². The zero-order chi connectivity index (χ0) is 10.4. The second kappa shape index (κ2) is 6.12. The Morgan fingerprint density at radius 3 is 3.00 bits per heavy atom. The van der Waals surface area contributed by atoms with Gasteiger partial charge in [0.05, 0.1) is 0 Å². The van der Waals surface area contributed by atoms with E-state index in [0.717, 1.165) is 6.42 Å². The Morgan fingerprint density at radius 1 is 1.50 bits per heavy atom. The summed E-state index contributed by atoms with van der Waals surface area (Å²) >= 11 is 1.26. The number of amides is 1. The van der Waals surface area contributed by atoms with Gasteiger partial charge in [0.1, 0.15) is 0 Å². The lowest BCUT2D eigenvalue weighted by Crippen LogP contribution is -2.37. The predicted molar refractivity (Wildman–Crippen MR) is 62.6 cm³/mol. The van der Waals surface area contributed by atoms with Crippen molar-refractivity contribution in [2.45, 2.75) is 38.6 Å². The van der Waals surface area contributed by atoms with Gasteiger partial charge < -0.3 is 5.32 Å². The Labute approximate surface area is 90.5 Å². The standard InChI is InChI=1S/C11H19NOS/c1-9-7-5-3-4-6-8-10(9)12-11(13)14-2/h4,6,9-10H,3,5,7-8H2,1-2H3,(H,12,13)/b6-4+/t9-,10?/m1/s1. The molecule has 1 amide bonds. The number of allylic oxidation sites excluding steroid dienone is 1. The largest absolute Gasteiger partial charge is 0.344 e. The van der Waals surface area contributed by atoms with E-state index in [0.29, 0.717) is 12.0 Å². The molecule has 0 aromatic heterocycles. The molecule has 14 heavy (non-hydrogen) atoms. The summed E-state index contributed by atoms with van der Waals surface area (Å²) in [5, 5.41) is 3.15. The quantitative estimate of drug-likeness (QED) is 0.678. The van der Waals surface area contributed by atoms with Crippen molar-refractivity contribution in [1.82, 2.24) is 5.32 Å². The Hall–Kier alpha value is -0.440. The highest BCUT2D eigenvalue weighted by molar-refractivity contribution is 8.12. The van der Waals surface area contributed by atoms with Crippen molar-refractivity contribution < 1.29 is 4.79 Å². The molecule has 0 saturated heterocycles. The number of rotatable bonds is 1. The minimum atomic E-state index is 0.0934. The van der Waals surface area contributed by atoms with Gasteiger partial charge in [-0.25, -0.2) is 0 Å². The van der Waals surface area contributed by atoms with Crippen LogP contribution < -0.4 is 5.32 Å². The molecule has 0 saturated carbocycles. The zero-order valence-corrected chi connectivity index (χ0v) is 9.77. The molecule has 0 fully saturated rings. The van der Waals surface area contributed by atoms with Gasteiger partial charge in [0.2, 0.25) is 0 Å². The molecule has 0 aromatic carbocycles. The van der Waals surface area contributed by atoms with E-state index in [1.54, 1.807) is 0 Å². The molecule has 0 bridgehead atoms. The summed E-state index contributed by atoms with van der Waals surface area (Å²) in [6.45, 7) is 2.23. The number of hydrogen-bond acceptors (Lipinski definition) is 2. The van der Waals surface area contributed by atoms with Crippen molar-refractivity contribution in [3.8, 4) is 0 Å². The van der Waals surface area contributed by atoms with Crippen LogP contribution in [-0.4, -0.2) is 17.5 Å². The first-order valence-corrected chi connectivity index (χ1v) is 6.46. The second-order valence-corrected chi connectivity index (χ2v) is 4.64. The summed E-state index contributed by atoms with van der Waals surface area (Å²) in [6, 6.07) is 0.325. The van der Waals surface area contributed by atoms with Crippen LogP contribution in [0.3, 0.4) is 0 Å². The molecule has 0 aliphatic heterocycles. The number of nitrogens with one attached hydrogen (secondary N) is 1. The molecule has 2 atom stereocenters. The smallest absolute Gasteiger partial charge is 0.279 e. The van der Waals surface area contributed by atoms with Crippen LogP contribution in [0.25, 0.3) is 0 Å². The molecule has 1 aliphatic carbocycles. The molecule has 1 N–H and O–H groups in total. The first kappa shape index (κ1) is 11.6. The first-order chi connectivity index (χ1) is 6.74. The lowest BCUT2D eigenvalue weighted by atomic mass is 9.91. The monoisotopic (exact) mass is 213 g/mol. The molecule has 1 unspecified atom stereocenters. The molecular weight excluding hydrogens is 194 g/mol. The van der Waals surface area contributed by atoms with E-state index in [1.165, 1.54) is 31.0 Å². The van der Waals surface area contributed by atoms with Crippen molar-refractivity contribution in [3.63, 3.8) is 0 Å². The fraction of sp³-hybridized carbons (Fsp3) is 0.727. The molecule has 1 rings (SSSR count). The van der Waals surface area contributed by atoms with Crippen LogP contribution in [0.2, 0.25) is 0 Å². The van der Waals surface area contributed by atoms with Gasteiger partial charge in [-0.05, 0) is 37.9 Å². The van der Waals surface area contributed by atoms with Crippen LogP contribution in [0, 0.1) is 5.92 Å². The minimum Gasteiger partial charge on any atom is -0.344 e. The summed E-state index contributed by atoms with van der Waals surface area (Å²) in [7, 11) is 0. The second-order valence-electron chi connectivity index (χ2n) is 3.86. The zero-order valence-electron chi connectivity index (χ0n) is 8.95. The van der Waals surface area contributed by atoms with Crippen LogP contribution in [0.15, 0.2) is 12.2 Å². The van der Waals surface area contributed by atoms with Crippen molar-refractivity contribution in [2.24, 2.45) is 5.92 Å². The summed E-state index contributed by atoms with van der Waals surface area (Å²) in [5.41, 5.74) is 0. The SMILES string of the molecule is CSC(=O)NC1C/C=C/CCC[C@H]1C. The van der Waals surface area contributed by atoms with Gasteiger partial charge in [-0.3, -0.25) is 4.79 Å². The molecule has 0 spiro atoms. The molecule has 2 nitrogen and oxygen atoms in total. The molecule has 0 heterocycles. The van der Waals surface area contributed by atoms with Crippen LogP contribution in [0.1, 0.15) is 32.6 Å². The van der Waals surface area contributed by atoms with Gasteiger partial charge in [0, 0.05) is 6.04 Å². The highest BCUT2D eigenvalue weighted by atomic mass is 32.2. The van der Waals surface area contributed by atoms with E-state index in [4.69, 9.17) is 0 Å². The Morgan fingerprint density at radius 2 is 2.29 bits per heavy atom. The molecule has 0 radical (unpaired) electrons.